The van der Waals surface area contributed by atoms with Crippen LogP contribution in [0.2, 0.25) is 0 Å². The van der Waals surface area contributed by atoms with Crippen molar-refractivity contribution in [1.29, 1.82) is 0 Å². The van der Waals surface area contributed by atoms with Crippen molar-refractivity contribution in [3.63, 3.8) is 0 Å². The normalized spacial score (nSPS) is 10.9. The van der Waals surface area contributed by atoms with Gasteiger partial charge in [-0.15, -0.1) is 6.58 Å². The van der Waals surface area contributed by atoms with Crippen LogP contribution in [-0.4, -0.2) is 17.4 Å². The van der Waals surface area contributed by atoms with Crippen LogP contribution in [0.4, 0.5) is 0 Å². The summed E-state index contributed by atoms with van der Waals surface area (Å²) in [7, 11) is 0. The Labute approximate surface area is 114 Å². The minimum Gasteiger partial charge on any atom is -0.358 e. The minimum absolute atomic E-state index is 0.499. The average molecular weight is 261 g/mol. The van der Waals surface area contributed by atoms with Crippen molar-refractivity contribution < 1.29 is 0 Å². The van der Waals surface area contributed by atoms with Gasteiger partial charge >= 0.3 is 0 Å². The molecule has 0 atom stereocenters. The van der Waals surface area contributed by atoms with E-state index in [4.69, 9.17) is 12.2 Å². The topological polar surface area (TPSA) is 36.4 Å². The second-order valence-electron chi connectivity index (χ2n) is 4.13. The zero-order valence-corrected chi connectivity index (χ0v) is 11.9. The SMILES string of the molecule is C=CCNC(=S)N/N=C(/C)c1ccc(C)cc1C. The Morgan fingerprint density at radius 3 is 2.78 bits per heavy atom. The Kier molecular flexibility index (Phi) is 5.52. The van der Waals surface area contributed by atoms with Gasteiger partial charge in [0.05, 0.1) is 5.71 Å². The van der Waals surface area contributed by atoms with Gasteiger partial charge in [0.1, 0.15) is 0 Å². The van der Waals surface area contributed by atoms with Gasteiger partial charge in [-0.25, -0.2) is 0 Å². The van der Waals surface area contributed by atoms with Gasteiger partial charge in [-0.05, 0) is 38.6 Å². The fourth-order valence-corrected chi connectivity index (χ4v) is 1.75. The van der Waals surface area contributed by atoms with E-state index in [0.29, 0.717) is 11.7 Å². The molecule has 1 aromatic carbocycles. The molecule has 1 rings (SSSR count). The number of hydrogen-bond donors (Lipinski definition) is 2. The van der Waals surface area contributed by atoms with Crippen molar-refractivity contribution in [2.24, 2.45) is 5.10 Å². The van der Waals surface area contributed by atoms with Crippen LogP contribution in [-0.2, 0) is 0 Å². The molecule has 0 aliphatic heterocycles. The standard InChI is InChI=1S/C14H19N3S/c1-5-8-15-14(18)17-16-12(4)13-7-6-10(2)9-11(13)3/h5-7,9H,1,8H2,2-4H3,(H2,15,17,18)/b16-12-. The molecule has 0 heterocycles. The van der Waals surface area contributed by atoms with Crippen molar-refractivity contribution >= 4 is 23.0 Å². The molecule has 96 valence electrons. The molecular formula is C14H19N3S. The number of aryl methyl sites for hydroxylation is 2. The van der Waals surface area contributed by atoms with E-state index in [1.165, 1.54) is 11.1 Å². The third-order valence-electron chi connectivity index (χ3n) is 2.50. The highest BCUT2D eigenvalue weighted by atomic mass is 32.1. The lowest BCUT2D eigenvalue weighted by molar-refractivity contribution is 0.936. The first-order chi connectivity index (χ1) is 8.54. The quantitative estimate of drug-likeness (QED) is 0.379. The Bertz CT molecular complexity index is 478. The third kappa shape index (κ3) is 4.30. The molecule has 3 nitrogen and oxygen atoms in total. The largest absolute Gasteiger partial charge is 0.358 e. The summed E-state index contributed by atoms with van der Waals surface area (Å²) in [6.07, 6.45) is 1.74. The number of nitrogens with zero attached hydrogens (tertiary/aromatic N) is 1. The molecule has 0 amide bonds. The third-order valence-corrected chi connectivity index (χ3v) is 2.74. The first-order valence-electron chi connectivity index (χ1n) is 5.81. The summed E-state index contributed by atoms with van der Waals surface area (Å²) in [5.41, 5.74) is 7.32. The number of thiocarbonyl (C=S) groups is 1. The summed E-state index contributed by atoms with van der Waals surface area (Å²) in [5.74, 6) is 0. The summed E-state index contributed by atoms with van der Waals surface area (Å²) in [4.78, 5) is 0. The highest BCUT2D eigenvalue weighted by molar-refractivity contribution is 7.80. The van der Waals surface area contributed by atoms with E-state index in [0.717, 1.165) is 11.3 Å². The van der Waals surface area contributed by atoms with Crippen LogP contribution in [0.25, 0.3) is 0 Å². The maximum absolute atomic E-state index is 5.06. The average Bonchev–Trinajstić information content (AvgIpc) is 2.33. The van der Waals surface area contributed by atoms with Crippen LogP contribution in [0, 0.1) is 13.8 Å². The fourth-order valence-electron chi connectivity index (χ4n) is 1.62. The van der Waals surface area contributed by atoms with Crippen molar-refractivity contribution in [3.05, 3.63) is 47.5 Å². The van der Waals surface area contributed by atoms with E-state index < -0.39 is 0 Å². The predicted octanol–water partition coefficient (Wildman–Crippen LogP) is 2.68. The number of nitrogens with one attached hydrogen (secondary N) is 2. The van der Waals surface area contributed by atoms with Crippen LogP contribution in [0.1, 0.15) is 23.6 Å². The number of hydrogen-bond acceptors (Lipinski definition) is 2. The fraction of sp³-hybridized carbons (Fsp3) is 0.286. The number of hydrazone groups is 1. The molecule has 0 saturated carbocycles. The molecule has 2 N–H and O–H groups in total. The van der Waals surface area contributed by atoms with Gasteiger partial charge in [0.15, 0.2) is 5.11 Å². The molecule has 0 aliphatic rings. The van der Waals surface area contributed by atoms with Crippen LogP contribution in [0.3, 0.4) is 0 Å². The monoisotopic (exact) mass is 261 g/mol. The van der Waals surface area contributed by atoms with Crippen molar-refractivity contribution in [3.8, 4) is 0 Å². The van der Waals surface area contributed by atoms with Crippen LogP contribution in [0.5, 0.6) is 0 Å². The molecule has 0 aliphatic carbocycles. The molecule has 0 saturated heterocycles. The Morgan fingerprint density at radius 1 is 1.44 bits per heavy atom. The second kappa shape index (κ2) is 6.91. The predicted molar refractivity (Wildman–Crippen MR) is 82.1 cm³/mol. The molecule has 0 fully saturated rings. The van der Waals surface area contributed by atoms with Gasteiger partial charge in [-0.2, -0.15) is 5.10 Å². The van der Waals surface area contributed by atoms with E-state index in [1.54, 1.807) is 6.08 Å². The molecule has 4 heteroatoms. The smallest absolute Gasteiger partial charge is 0.187 e. The summed E-state index contributed by atoms with van der Waals surface area (Å²) in [6, 6.07) is 6.30. The van der Waals surface area contributed by atoms with Crippen molar-refractivity contribution in [2.75, 3.05) is 6.54 Å². The molecular weight excluding hydrogens is 242 g/mol. The second-order valence-corrected chi connectivity index (χ2v) is 4.53. The zero-order valence-electron chi connectivity index (χ0n) is 11.1. The highest BCUT2D eigenvalue weighted by Gasteiger charge is 2.02. The lowest BCUT2D eigenvalue weighted by atomic mass is 10.0. The van der Waals surface area contributed by atoms with E-state index >= 15 is 0 Å². The molecule has 0 radical (unpaired) electrons. The molecule has 0 unspecified atom stereocenters. The summed E-state index contributed by atoms with van der Waals surface area (Å²) < 4.78 is 0. The number of benzene rings is 1. The maximum Gasteiger partial charge on any atom is 0.187 e. The maximum atomic E-state index is 5.06. The number of rotatable bonds is 4. The highest BCUT2D eigenvalue weighted by Crippen LogP contribution is 2.11. The van der Waals surface area contributed by atoms with E-state index in [9.17, 15) is 0 Å². The van der Waals surface area contributed by atoms with E-state index in [-0.39, 0.29) is 0 Å². The first-order valence-corrected chi connectivity index (χ1v) is 6.22. The molecule has 0 aromatic heterocycles. The van der Waals surface area contributed by atoms with Gasteiger partial charge in [-0.1, -0.05) is 29.8 Å². The molecule has 18 heavy (non-hydrogen) atoms. The van der Waals surface area contributed by atoms with Gasteiger partial charge in [0.2, 0.25) is 0 Å². The van der Waals surface area contributed by atoms with Gasteiger partial charge in [0.25, 0.3) is 0 Å². The van der Waals surface area contributed by atoms with Gasteiger partial charge in [0, 0.05) is 12.1 Å². The Hall–Kier alpha value is -1.68. The van der Waals surface area contributed by atoms with E-state index in [1.807, 2.05) is 6.92 Å². The first kappa shape index (κ1) is 14.4. The molecule has 0 bridgehead atoms. The zero-order chi connectivity index (χ0) is 13.5. The van der Waals surface area contributed by atoms with Crippen LogP contribution in [0.15, 0.2) is 36.0 Å². The Balaban J connectivity index is 2.71. The van der Waals surface area contributed by atoms with Gasteiger partial charge in [-0.3, -0.25) is 5.43 Å². The van der Waals surface area contributed by atoms with Crippen molar-refractivity contribution in [2.45, 2.75) is 20.8 Å². The van der Waals surface area contributed by atoms with Gasteiger partial charge < -0.3 is 5.32 Å². The van der Waals surface area contributed by atoms with Crippen LogP contribution >= 0.6 is 12.2 Å². The summed E-state index contributed by atoms with van der Waals surface area (Å²) in [5, 5.41) is 7.72. The summed E-state index contributed by atoms with van der Waals surface area (Å²) in [6.45, 7) is 10.4. The Morgan fingerprint density at radius 2 is 2.17 bits per heavy atom. The van der Waals surface area contributed by atoms with E-state index in [2.05, 4.69) is 54.5 Å². The molecule has 1 aromatic rings. The minimum atomic E-state index is 0.499. The lowest BCUT2D eigenvalue weighted by Crippen LogP contribution is -2.32. The molecule has 0 spiro atoms. The summed E-state index contributed by atoms with van der Waals surface area (Å²) >= 11 is 5.06. The van der Waals surface area contributed by atoms with Crippen molar-refractivity contribution in [1.82, 2.24) is 10.7 Å². The lowest BCUT2D eigenvalue weighted by Gasteiger charge is -2.08. The van der Waals surface area contributed by atoms with Crippen LogP contribution < -0.4 is 10.7 Å².